The highest BCUT2D eigenvalue weighted by atomic mass is 19.2. The first-order chi connectivity index (χ1) is 10.9. The van der Waals surface area contributed by atoms with Gasteiger partial charge in [0.15, 0.2) is 24.0 Å². The zero-order chi connectivity index (χ0) is 17.0. The molecule has 0 aliphatic rings. The van der Waals surface area contributed by atoms with Gasteiger partial charge in [0, 0.05) is 11.6 Å². The van der Waals surface area contributed by atoms with Gasteiger partial charge in [-0.15, -0.1) is 0 Å². The number of methoxy groups -OCH3 is 1. The van der Waals surface area contributed by atoms with Gasteiger partial charge >= 0.3 is 0 Å². The van der Waals surface area contributed by atoms with E-state index < -0.39 is 29.9 Å². The molecule has 5 nitrogen and oxygen atoms in total. The van der Waals surface area contributed by atoms with Crippen LogP contribution in [-0.4, -0.2) is 25.4 Å². The van der Waals surface area contributed by atoms with E-state index in [1.54, 1.807) is 0 Å². The lowest BCUT2D eigenvalue weighted by molar-refractivity contribution is 0.0911. The number of carbonyl (C=O) groups excluding carboxylic acids is 2. The van der Waals surface area contributed by atoms with Crippen molar-refractivity contribution in [1.82, 2.24) is 0 Å². The number of hydrogen-bond donors (Lipinski definition) is 1. The van der Waals surface area contributed by atoms with Gasteiger partial charge in [0.2, 0.25) is 0 Å². The van der Waals surface area contributed by atoms with Crippen LogP contribution in [0.25, 0.3) is 0 Å². The van der Waals surface area contributed by atoms with Gasteiger partial charge in [0.05, 0.1) is 12.7 Å². The van der Waals surface area contributed by atoms with Crippen LogP contribution < -0.4 is 15.2 Å². The average Bonchev–Trinajstić information content (AvgIpc) is 2.54. The maximum Gasteiger partial charge on any atom is 0.252 e. The van der Waals surface area contributed by atoms with Crippen molar-refractivity contribution in [1.29, 1.82) is 0 Å². The van der Waals surface area contributed by atoms with E-state index in [1.165, 1.54) is 25.3 Å². The Hall–Kier alpha value is -2.96. The Labute approximate surface area is 130 Å². The van der Waals surface area contributed by atoms with Crippen LogP contribution >= 0.6 is 0 Å². The standard InChI is InChI=1S/C16H13F2NO4/c1-22-10-3-4-11(16(19)21)15(7-10)23-8-14(20)9-2-5-12(17)13(18)6-9/h2-7H,8H2,1H3,(H2,19,21). The van der Waals surface area contributed by atoms with Crippen LogP contribution in [0.3, 0.4) is 0 Å². The summed E-state index contributed by atoms with van der Waals surface area (Å²) in [6, 6.07) is 7.09. The normalized spacial score (nSPS) is 10.2. The van der Waals surface area contributed by atoms with Crippen molar-refractivity contribution >= 4 is 11.7 Å². The fourth-order valence-electron chi connectivity index (χ4n) is 1.85. The van der Waals surface area contributed by atoms with Crippen LogP contribution in [0.5, 0.6) is 11.5 Å². The van der Waals surface area contributed by atoms with Gasteiger partial charge in [0.25, 0.3) is 5.91 Å². The molecule has 0 spiro atoms. The Bertz CT molecular complexity index is 762. The lowest BCUT2D eigenvalue weighted by atomic mass is 10.1. The maximum atomic E-state index is 13.1. The van der Waals surface area contributed by atoms with Gasteiger partial charge in [-0.25, -0.2) is 8.78 Å². The third-order valence-corrected chi connectivity index (χ3v) is 3.05. The molecule has 23 heavy (non-hydrogen) atoms. The molecule has 2 aromatic rings. The number of nitrogens with two attached hydrogens (primary N) is 1. The number of ether oxygens (including phenoxy) is 2. The second kappa shape index (κ2) is 6.87. The van der Waals surface area contributed by atoms with E-state index in [4.69, 9.17) is 15.2 Å². The van der Waals surface area contributed by atoms with Gasteiger partial charge in [-0.2, -0.15) is 0 Å². The molecule has 0 atom stereocenters. The first-order valence-corrected chi connectivity index (χ1v) is 6.51. The summed E-state index contributed by atoms with van der Waals surface area (Å²) >= 11 is 0. The molecular formula is C16H13F2NO4. The summed E-state index contributed by atoms with van der Waals surface area (Å²) in [5.74, 6) is -3.02. The van der Waals surface area contributed by atoms with Crippen molar-refractivity contribution < 1.29 is 27.8 Å². The molecule has 0 radical (unpaired) electrons. The Kier molecular flexibility index (Phi) is 4.90. The summed E-state index contributed by atoms with van der Waals surface area (Å²) in [6.07, 6.45) is 0. The summed E-state index contributed by atoms with van der Waals surface area (Å²) in [7, 11) is 1.43. The topological polar surface area (TPSA) is 78.6 Å². The largest absolute Gasteiger partial charge is 0.497 e. The number of Topliss-reactive ketones (excluding diaryl/α,β-unsaturated/α-hetero) is 1. The number of primary amides is 1. The number of rotatable bonds is 6. The molecule has 7 heteroatoms. The van der Waals surface area contributed by atoms with Gasteiger partial charge in [0.1, 0.15) is 11.5 Å². The minimum Gasteiger partial charge on any atom is -0.497 e. The minimum absolute atomic E-state index is 0.0487. The molecule has 2 aromatic carbocycles. The van der Waals surface area contributed by atoms with E-state index in [2.05, 4.69) is 0 Å². The molecule has 2 N–H and O–H groups in total. The third kappa shape index (κ3) is 3.82. The van der Waals surface area contributed by atoms with Crippen LogP contribution in [0.15, 0.2) is 36.4 Å². The first kappa shape index (κ1) is 16.4. The Morgan fingerprint density at radius 1 is 1.09 bits per heavy atom. The molecule has 0 aliphatic heterocycles. The van der Waals surface area contributed by atoms with Gasteiger partial charge < -0.3 is 15.2 Å². The van der Waals surface area contributed by atoms with Gasteiger partial charge in [-0.05, 0) is 30.3 Å². The zero-order valence-electron chi connectivity index (χ0n) is 12.1. The Morgan fingerprint density at radius 3 is 2.43 bits per heavy atom. The van der Waals surface area contributed by atoms with Crippen molar-refractivity contribution in [2.24, 2.45) is 5.73 Å². The maximum absolute atomic E-state index is 13.1. The Balaban J connectivity index is 2.17. The summed E-state index contributed by atoms with van der Waals surface area (Å²) in [4.78, 5) is 23.3. The highest BCUT2D eigenvalue weighted by molar-refractivity contribution is 5.98. The number of hydrogen-bond acceptors (Lipinski definition) is 4. The second-order valence-electron chi connectivity index (χ2n) is 4.57. The molecule has 1 amide bonds. The number of carbonyl (C=O) groups is 2. The zero-order valence-corrected chi connectivity index (χ0v) is 12.1. The van der Waals surface area contributed by atoms with E-state index in [1.807, 2.05) is 0 Å². The summed E-state index contributed by atoms with van der Waals surface area (Å²) < 4.78 is 36.3. The molecular weight excluding hydrogens is 308 g/mol. The molecule has 0 aliphatic carbocycles. The lowest BCUT2D eigenvalue weighted by Gasteiger charge is -2.11. The molecule has 0 saturated heterocycles. The SMILES string of the molecule is COc1ccc(C(N)=O)c(OCC(=O)c2ccc(F)c(F)c2)c1. The smallest absolute Gasteiger partial charge is 0.252 e. The minimum atomic E-state index is -1.13. The second-order valence-corrected chi connectivity index (χ2v) is 4.57. The van der Waals surface area contributed by atoms with Crippen LogP contribution in [0, 0.1) is 11.6 Å². The van der Waals surface area contributed by atoms with E-state index in [0.29, 0.717) is 5.75 Å². The number of ketones is 1. The average molecular weight is 321 g/mol. The molecule has 0 aromatic heterocycles. The highest BCUT2D eigenvalue weighted by Crippen LogP contribution is 2.24. The molecule has 120 valence electrons. The van der Waals surface area contributed by atoms with Crippen LogP contribution in [0.4, 0.5) is 8.78 Å². The molecule has 0 heterocycles. The Morgan fingerprint density at radius 2 is 1.83 bits per heavy atom. The lowest BCUT2D eigenvalue weighted by Crippen LogP contribution is -2.16. The fourth-order valence-corrected chi connectivity index (χ4v) is 1.85. The van der Waals surface area contributed by atoms with Crippen molar-refractivity contribution in [3.05, 3.63) is 59.2 Å². The van der Waals surface area contributed by atoms with Gasteiger partial charge in [-0.3, -0.25) is 9.59 Å². The van der Waals surface area contributed by atoms with Crippen LogP contribution in [0.1, 0.15) is 20.7 Å². The van der Waals surface area contributed by atoms with Crippen molar-refractivity contribution in [2.45, 2.75) is 0 Å². The predicted molar refractivity (Wildman–Crippen MR) is 77.7 cm³/mol. The van der Waals surface area contributed by atoms with Crippen molar-refractivity contribution in [2.75, 3.05) is 13.7 Å². The summed E-state index contributed by atoms with van der Waals surface area (Å²) in [5.41, 5.74) is 5.25. The van der Waals surface area contributed by atoms with E-state index >= 15 is 0 Å². The molecule has 0 fully saturated rings. The molecule has 0 saturated carbocycles. The van der Waals surface area contributed by atoms with E-state index in [9.17, 15) is 18.4 Å². The van der Waals surface area contributed by atoms with Crippen LogP contribution in [-0.2, 0) is 0 Å². The summed E-state index contributed by atoms with van der Waals surface area (Å²) in [5, 5.41) is 0. The quantitative estimate of drug-likeness (QED) is 0.828. The molecule has 0 bridgehead atoms. The number of halogens is 2. The monoisotopic (exact) mass is 321 g/mol. The summed E-state index contributed by atoms with van der Waals surface area (Å²) in [6.45, 7) is -0.474. The molecule has 0 unspecified atom stereocenters. The highest BCUT2D eigenvalue weighted by Gasteiger charge is 2.14. The van der Waals surface area contributed by atoms with Crippen LogP contribution in [0.2, 0.25) is 0 Å². The van der Waals surface area contributed by atoms with E-state index in [0.717, 1.165) is 18.2 Å². The predicted octanol–water partition coefficient (Wildman–Crippen LogP) is 2.33. The van der Waals surface area contributed by atoms with Crippen molar-refractivity contribution in [3.8, 4) is 11.5 Å². The number of amides is 1. The fraction of sp³-hybridized carbons (Fsp3) is 0.125. The van der Waals surface area contributed by atoms with E-state index in [-0.39, 0.29) is 16.9 Å². The first-order valence-electron chi connectivity index (χ1n) is 6.51. The third-order valence-electron chi connectivity index (χ3n) is 3.05. The van der Waals surface area contributed by atoms with Gasteiger partial charge in [-0.1, -0.05) is 0 Å². The van der Waals surface area contributed by atoms with Crippen molar-refractivity contribution in [3.63, 3.8) is 0 Å². The number of benzene rings is 2. The molecule has 2 rings (SSSR count).